The summed E-state index contributed by atoms with van der Waals surface area (Å²) in [5.41, 5.74) is 1.98. The van der Waals surface area contributed by atoms with Gasteiger partial charge in [0.15, 0.2) is 0 Å². The Morgan fingerprint density at radius 3 is 2.50 bits per heavy atom. The minimum atomic E-state index is -3.70. The number of pyridine rings is 1. The molecule has 130 valence electrons. The van der Waals surface area contributed by atoms with Gasteiger partial charge >= 0.3 is 0 Å². The van der Waals surface area contributed by atoms with E-state index >= 15 is 0 Å². The van der Waals surface area contributed by atoms with Crippen LogP contribution in [0.4, 0.5) is 11.5 Å². The summed E-state index contributed by atoms with van der Waals surface area (Å²) in [6, 6.07) is 3.62. The summed E-state index contributed by atoms with van der Waals surface area (Å²) in [6.45, 7) is 7.64. The van der Waals surface area contributed by atoms with Crippen molar-refractivity contribution in [3.8, 4) is 0 Å². The van der Waals surface area contributed by atoms with Gasteiger partial charge in [-0.3, -0.25) is 9.82 Å². The predicted octanol–water partition coefficient (Wildman–Crippen LogP) is 2.46. The first-order chi connectivity index (χ1) is 11.4. The van der Waals surface area contributed by atoms with E-state index in [1.807, 2.05) is 6.07 Å². The molecule has 0 unspecified atom stereocenters. The summed E-state index contributed by atoms with van der Waals surface area (Å²) >= 11 is 0. The summed E-state index contributed by atoms with van der Waals surface area (Å²) in [5, 5.41) is 6.62. The predicted molar refractivity (Wildman–Crippen MR) is 93.7 cm³/mol. The number of piperidine rings is 1. The number of hydrogen-bond donors (Lipinski definition) is 2. The van der Waals surface area contributed by atoms with Crippen LogP contribution in [-0.4, -0.2) is 36.7 Å². The molecule has 0 aliphatic carbocycles. The van der Waals surface area contributed by atoms with Crippen molar-refractivity contribution in [2.24, 2.45) is 5.92 Å². The molecule has 0 saturated carbocycles. The SMILES string of the molecule is Cc1n[nH]c(C)c1S(=O)(=O)Nc1ccc(N2CCC(C)CC2)cn1. The number of aromatic nitrogens is 3. The third kappa shape index (κ3) is 3.38. The molecule has 3 heterocycles. The summed E-state index contributed by atoms with van der Waals surface area (Å²) in [5.74, 6) is 1.07. The minimum absolute atomic E-state index is 0.179. The quantitative estimate of drug-likeness (QED) is 0.885. The van der Waals surface area contributed by atoms with Crippen molar-refractivity contribution in [3.05, 3.63) is 29.7 Å². The van der Waals surface area contributed by atoms with Crippen molar-refractivity contribution in [1.29, 1.82) is 0 Å². The first-order valence-corrected chi connectivity index (χ1v) is 9.60. The van der Waals surface area contributed by atoms with E-state index < -0.39 is 10.0 Å². The standard InChI is InChI=1S/C16H23N5O2S/c1-11-6-8-21(9-7-11)14-4-5-15(17-10-14)20-24(22,23)16-12(2)18-19-13(16)3/h4-5,10-11H,6-9H2,1-3H3,(H,17,20)(H,18,19). The number of hydrogen-bond acceptors (Lipinski definition) is 5. The second-order valence-corrected chi connectivity index (χ2v) is 8.06. The van der Waals surface area contributed by atoms with Crippen LogP contribution in [0.3, 0.4) is 0 Å². The normalized spacial score (nSPS) is 16.4. The number of aromatic amines is 1. The fourth-order valence-electron chi connectivity index (χ4n) is 3.03. The summed E-state index contributed by atoms with van der Waals surface area (Å²) < 4.78 is 27.5. The molecule has 0 aromatic carbocycles. The van der Waals surface area contributed by atoms with Gasteiger partial charge in [-0.15, -0.1) is 0 Å². The minimum Gasteiger partial charge on any atom is -0.370 e. The largest absolute Gasteiger partial charge is 0.370 e. The molecule has 2 N–H and O–H groups in total. The van der Waals surface area contributed by atoms with Gasteiger partial charge in [0, 0.05) is 13.1 Å². The molecule has 1 aliphatic heterocycles. The van der Waals surface area contributed by atoms with Crippen LogP contribution in [0.15, 0.2) is 23.2 Å². The summed E-state index contributed by atoms with van der Waals surface area (Å²) in [6.07, 6.45) is 4.07. The van der Waals surface area contributed by atoms with Crippen LogP contribution in [0, 0.1) is 19.8 Å². The Morgan fingerprint density at radius 2 is 1.96 bits per heavy atom. The zero-order valence-corrected chi connectivity index (χ0v) is 15.0. The molecule has 0 radical (unpaired) electrons. The van der Waals surface area contributed by atoms with Crippen LogP contribution < -0.4 is 9.62 Å². The molecule has 0 bridgehead atoms. The zero-order chi connectivity index (χ0) is 17.3. The average Bonchev–Trinajstić information content (AvgIpc) is 2.88. The van der Waals surface area contributed by atoms with Crippen molar-refractivity contribution in [1.82, 2.24) is 15.2 Å². The average molecular weight is 349 g/mol. The van der Waals surface area contributed by atoms with E-state index in [4.69, 9.17) is 0 Å². The number of sulfonamides is 1. The van der Waals surface area contributed by atoms with E-state index in [9.17, 15) is 8.42 Å². The van der Waals surface area contributed by atoms with Crippen molar-refractivity contribution in [2.45, 2.75) is 38.5 Å². The highest BCUT2D eigenvalue weighted by molar-refractivity contribution is 7.92. The van der Waals surface area contributed by atoms with Gasteiger partial charge in [-0.25, -0.2) is 13.4 Å². The van der Waals surface area contributed by atoms with Crippen LogP contribution in [0.1, 0.15) is 31.2 Å². The van der Waals surface area contributed by atoms with Gasteiger partial charge in [-0.2, -0.15) is 5.10 Å². The lowest BCUT2D eigenvalue weighted by atomic mass is 9.99. The highest BCUT2D eigenvalue weighted by atomic mass is 32.2. The Balaban J connectivity index is 1.75. The highest BCUT2D eigenvalue weighted by Crippen LogP contribution is 2.24. The van der Waals surface area contributed by atoms with E-state index in [1.54, 1.807) is 26.1 Å². The van der Waals surface area contributed by atoms with E-state index in [0.29, 0.717) is 17.2 Å². The van der Waals surface area contributed by atoms with Gasteiger partial charge in [-0.1, -0.05) is 6.92 Å². The second-order valence-electron chi connectivity index (χ2n) is 6.44. The van der Waals surface area contributed by atoms with E-state index in [-0.39, 0.29) is 4.90 Å². The Bertz CT molecular complexity index is 786. The number of nitrogens with zero attached hydrogens (tertiary/aromatic N) is 3. The second kappa shape index (κ2) is 6.43. The molecule has 7 nitrogen and oxygen atoms in total. The number of nitrogens with one attached hydrogen (secondary N) is 2. The van der Waals surface area contributed by atoms with Crippen molar-refractivity contribution in [2.75, 3.05) is 22.7 Å². The molecule has 0 spiro atoms. The van der Waals surface area contributed by atoms with Crippen molar-refractivity contribution >= 4 is 21.5 Å². The maximum Gasteiger partial charge on any atom is 0.266 e. The van der Waals surface area contributed by atoms with Gasteiger partial charge in [0.1, 0.15) is 10.7 Å². The fraction of sp³-hybridized carbons (Fsp3) is 0.500. The lowest BCUT2D eigenvalue weighted by Gasteiger charge is -2.31. The maximum absolute atomic E-state index is 12.5. The van der Waals surface area contributed by atoms with Crippen LogP contribution >= 0.6 is 0 Å². The molecule has 8 heteroatoms. The molecule has 24 heavy (non-hydrogen) atoms. The number of H-pyrrole nitrogens is 1. The van der Waals surface area contributed by atoms with Gasteiger partial charge in [0.2, 0.25) is 0 Å². The fourth-order valence-corrected chi connectivity index (χ4v) is 4.41. The lowest BCUT2D eigenvalue weighted by molar-refractivity contribution is 0.438. The van der Waals surface area contributed by atoms with Gasteiger partial charge in [-0.05, 0) is 44.7 Å². The van der Waals surface area contributed by atoms with Crippen molar-refractivity contribution < 1.29 is 8.42 Å². The zero-order valence-electron chi connectivity index (χ0n) is 14.2. The third-order valence-corrected chi connectivity index (χ3v) is 6.08. The summed E-state index contributed by atoms with van der Waals surface area (Å²) in [4.78, 5) is 6.73. The smallest absolute Gasteiger partial charge is 0.266 e. The first kappa shape index (κ1) is 16.8. The number of aryl methyl sites for hydroxylation is 2. The van der Waals surface area contributed by atoms with Gasteiger partial charge in [0.25, 0.3) is 10.0 Å². The third-order valence-electron chi connectivity index (χ3n) is 4.46. The van der Waals surface area contributed by atoms with Crippen LogP contribution in [-0.2, 0) is 10.0 Å². The van der Waals surface area contributed by atoms with Crippen LogP contribution in [0.25, 0.3) is 0 Å². The molecule has 3 rings (SSSR count). The lowest BCUT2D eigenvalue weighted by Crippen LogP contribution is -2.32. The van der Waals surface area contributed by atoms with E-state index in [2.05, 4.69) is 31.7 Å². The molecule has 2 aromatic rings. The molecule has 1 aliphatic rings. The maximum atomic E-state index is 12.5. The monoisotopic (exact) mass is 349 g/mol. The number of anilines is 2. The Hall–Kier alpha value is -2.09. The number of rotatable bonds is 4. The topological polar surface area (TPSA) is 91.0 Å². The van der Waals surface area contributed by atoms with Gasteiger partial charge in [0.05, 0.1) is 23.3 Å². The first-order valence-electron chi connectivity index (χ1n) is 8.12. The van der Waals surface area contributed by atoms with E-state index in [1.165, 1.54) is 12.8 Å². The molecule has 0 atom stereocenters. The molecular formula is C16H23N5O2S. The van der Waals surface area contributed by atoms with Crippen LogP contribution in [0.5, 0.6) is 0 Å². The van der Waals surface area contributed by atoms with Gasteiger partial charge < -0.3 is 4.90 Å². The molecule has 2 aromatic heterocycles. The summed E-state index contributed by atoms with van der Waals surface area (Å²) in [7, 11) is -3.70. The van der Waals surface area contributed by atoms with Crippen LogP contribution in [0.2, 0.25) is 0 Å². The molecule has 0 amide bonds. The molecule has 1 saturated heterocycles. The Kier molecular flexibility index (Phi) is 4.49. The van der Waals surface area contributed by atoms with E-state index in [0.717, 1.165) is 24.7 Å². The Morgan fingerprint density at radius 1 is 1.25 bits per heavy atom. The highest BCUT2D eigenvalue weighted by Gasteiger charge is 2.23. The Labute approximate surface area is 142 Å². The molecule has 1 fully saturated rings. The molecular weight excluding hydrogens is 326 g/mol. The van der Waals surface area contributed by atoms with Crippen molar-refractivity contribution in [3.63, 3.8) is 0 Å².